The maximum Gasteiger partial charge on any atom is 0.156 e. The van der Waals surface area contributed by atoms with Gasteiger partial charge >= 0.3 is 0 Å². The number of nitrogens with zero attached hydrogens (tertiary/aromatic N) is 2. The van der Waals surface area contributed by atoms with E-state index in [1.807, 2.05) is 55.6 Å². The molecule has 0 bridgehead atoms. The van der Waals surface area contributed by atoms with Crippen LogP contribution in [0.5, 0.6) is 0 Å². The van der Waals surface area contributed by atoms with E-state index in [-0.39, 0.29) is 18.1 Å². The highest BCUT2D eigenvalue weighted by Crippen LogP contribution is 2.27. The third-order valence-electron chi connectivity index (χ3n) is 5.08. The quantitative estimate of drug-likeness (QED) is 0.397. The minimum absolute atomic E-state index is 0.0158. The molecule has 0 saturated carbocycles. The second kappa shape index (κ2) is 8.81. The van der Waals surface area contributed by atoms with Crippen LogP contribution in [0, 0.1) is 0 Å². The number of aromatic nitrogens is 2. The Kier molecular flexibility index (Phi) is 5.97. The van der Waals surface area contributed by atoms with Gasteiger partial charge in [0.25, 0.3) is 0 Å². The topological polar surface area (TPSA) is 61.2 Å². The van der Waals surface area contributed by atoms with Crippen LogP contribution < -0.4 is 0 Å². The van der Waals surface area contributed by atoms with E-state index >= 15 is 0 Å². The van der Waals surface area contributed by atoms with Gasteiger partial charge in [0.1, 0.15) is 0 Å². The molecule has 0 radical (unpaired) electrons. The van der Waals surface area contributed by atoms with Gasteiger partial charge in [0, 0.05) is 35.9 Å². The van der Waals surface area contributed by atoms with E-state index in [1.54, 1.807) is 12.4 Å². The number of pyridine rings is 1. The maximum atomic E-state index is 12.6. The molecule has 5 nitrogen and oxygen atoms in total. The standard InChI is InChI=1S/C24H24N2O3S/c1-26-23-10-6-5-9-21(23)14-24(26)22-13-20(15-25-16-22)18-30(27,28)12-11-29-17-19-7-3-2-4-8-19/h2-10,13-16H,11-12,17-18H2,1H3. The maximum absolute atomic E-state index is 12.6. The van der Waals surface area contributed by atoms with Crippen LogP contribution in [0.3, 0.4) is 0 Å². The van der Waals surface area contributed by atoms with Gasteiger partial charge in [-0.2, -0.15) is 0 Å². The van der Waals surface area contributed by atoms with Gasteiger partial charge in [0.2, 0.25) is 0 Å². The minimum Gasteiger partial charge on any atom is -0.376 e. The van der Waals surface area contributed by atoms with Crippen molar-refractivity contribution >= 4 is 20.7 Å². The lowest BCUT2D eigenvalue weighted by atomic mass is 10.1. The van der Waals surface area contributed by atoms with E-state index in [1.165, 1.54) is 0 Å². The average Bonchev–Trinajstić information content (AvgIpc) is 3.09. The first-order valence-electron chi connectivity index (χ1n) is 9.83. The molecule has 4 aromatic rings. The predicted octanol–water partition coefficient (Wildman–Crippen LogP) is 4.37. The van der Waals surface area contributed by atoms with Crippen LogP contribution in [-0.4, -0.2) is 30.3 Å². The largest absolute Gasteiger partial charge is 0.376 e. The van der Waals surface area contributed by atoms with Gasteiger partial charge in [-0.25, -0.2) is 8.42 Å². The summed E-state index contributed by atoms with van der Waals surface area (Å²) < 4.78 is 32.7. The van der Waals surface area contributed by atoms with Crippen LogP contribution in [0.25, 0.3) is 22.2 Å². The highest BCUT2D eigenvalue weighted by Gasteiger charge is 2.14. The molecule has 0 N–H and O–H groups in total. The zero-order valence-electron chi connectivity index (χ0n) is 16.9. The van der Waals surface area contributed by atoms with Gasteiger partial charge < -0.3 is 9.30 Å². The van der Waals surface area contributed by atoms with Gasteiger partial charge in [-0.1, -0.05) is 48.5 Å². The predicted molar refractivity (Wildman–Crippen MR) is 120 cm³/mol. The molecule has 2 heterocycles. The van der Waals surface area contributed by atoms with Crippen molar-refractivity contribution < 1.29 is 13.2 Å². The summed E-state index contributed by atoms with van der Waals surface area (Å²) in [5.41, 5.74) is 4.75. The normalized spacial score (nSPS) is 11.8. The number of aryl methyl sites for hydroxylation is 1. The number of sulfone groups is 1. The Balaban J connectivity index is 1.42. The molecule has 30 heavy (non-hydrogen) atoms. The minimum atomic E-state index is -3.29. The molecule has 4 rings (SSSR count). The number of ether oxygens (including phenoxy) is 1. The Bertz CT molecular complexity index is 1250. The molecule has 2 aromatic heterocycles. The molecule has 0 saturated heterocycles. The van der Waals surface area contributed by atoms with Crippen molar-refractivity contribution in [2.75, 3.05) is 12.4 Å². The summed E-state index contributed by atoms with van der Waals surface area (Å²) in [5, 5.41) is 1.14. The Morgan fingerprint density at radius 3 is 2.50 bits per heavy atom. The van der Waals surface area contributed by atoms with Gasteiger partial charge in [-0.3, -0.25) is 4.98 Å². The van der Waals surface area contributed by atoms with E-state index in [9.17, 15) is 8.42 Å². The molecular formula is C24H24N2O3S. The fourth-order valence-electron chi connectivity index (χ4n) is 3.55. The monoisotopic (exact) mass is 420 g/mol. The Hall–Kier alpha value is -2.96. The number of hydrogen-bond acceptors (Lipinski definition) is 4. The Morgan fingerprint density at radius 1 is 0.933 bits per heavy atom. The van der Waals surface area contributed by atoms with Crippen LogP contribution in [0.4, 0.5) is 0 Å². The Labute approximate surface area is 176 Å². The smallest absolute Gasteiger partial charge is 0.156 e. The number of benzene rings is 2. The van der Waals surface area contributed by atoms with Crippen LogP contribution in [0.15, 0.2) is 79.1 Å². The molecule has 0 aliphatic rings. The lowest BCUT2D eigenvalue weighted by molar-refractivity contribution is 0.135. The van der Waals surface area contributed by atoms with Crippen molar-refractivity contribution in [3.05, 3.63) is 90.3 Å². The molecular weight excluding hydrogens is 396 g/mol. The number of hydrogen-bond donors (Lipinski definition) is 0. The van der Waals surface area contributed by atoms with Crippen LogP contribution >= 0.6 is 0 Å². The number of rotatable bonds is 8. The van der Waals surface area contributed by atoms with Gasteiger partial charge in [-0.05, 0) is 29.3 Å². The van der Waals surface area contributed by atoms with Crippen molar-refractivity contribution in [3.8, 4) is 11.3 Å². The first-order valence-corrected chi connectivity index (χ1v) is 11.6. The second-order valence-corrected chi connectivity index (χ2v) is 9.54. The van der Waals surface area contributed by atoms with Crippen LogP contribution in [0.2, 0.25) is 0 Å². The van der Waals surface area contributed by atoms with E-state index < -0.39 is 9.84 Å². The molecule has 0 fully saturated rings. The van der Waals surface area contributed by atoms with E-state index in [0.29, 0.717) is 12.2 Å². The van der Waals surface area contributed by atoms with Crippen molar-refractivity contribution in [2.24, 2.45) is 7.05 Å². The SMILES string of the molecule is Cn1c(-c2cncc(CS(=O)(=O)CCOCc3ccccc3)c2)cc2ccccc21. The first-order chi connectivity index (χ1) is 14.5. The molecule has 0 amide bonds. The van der Waals surface area contributed by atoms with E-state index in [2.05, 4.69) is 27.8 Å². The Morgan fingerprint density at radius 2 is 1.70 bits per heavy atom. The third kappa shape index (κ3) is 4.78. The second-order valence-electron chi connectivity index (χ2n) is 7.36. The lowest BCUT2D eigenvalue weighted by Gasteiger charge is -2.08. The highest BCUT2D eigenvalue weighted by atomic mass is 32.2. The average molecular weight is 421 g/mol. The number of fused-ring (bicyclic) bond motifs is 1. The van der Waals surface area contributed by atoms with Crippen molar-refractivity contribution in [2.45, 2.75) is 12.4 Å². The lowest BCUT2D eigenvalue weighted by Crippen LogP contribution is -2.14. The molecule has 2 aromatic carbocycles. The van der Waals surface area contributed by atoms with Gasteiger partial charge in [-0.15, -0.1) is 0 Å². The zero-order valence-corrected chi connectivity index (χ0v) is 17.7. The molecule has 6 heteroatoms. The summed E-state index contributed by atoms with van der Waals surface area (Å²) in [5.74, 6) is -0.0649. The zero-order chi connectivity index (χ0) is 21.0. The van der Waals surface area contributed by atoms with Crippen LogP contribution in [-0.2, 0) is 34.0 Å². The fraction of sp³-hybridized carbons (Fsp3) is 0.208. The molecule has 154 valence electrons. The molecule has 0 atom stereocenters. The van der Waals surface area contributed by atoms with Crippen molar-refractivity contribution in [1.29, 1.82) is 0 Å². The third-order valence-corrected chi connectivity index (χ3v) is 6.64. The van der Waals surface area contributed by atoms with E-state index in [0.717, 1.165) is 27.7 Å². The fourth-order valence-corrected chi connectivity index (χ4v) is 4.73. The molecule has 0 spiro atoms. The molecule has 0 aliphatic carbocycles. The van der Waals surface area contributed by atoms with Gasteiger partial charge in [0.15, 0.2) is 9.84 Å². The molecule has 0 aliphatic heterocycles. The molecule has 0 unspecified atom stereocenters. The number of para-hydroxylation sites is 1. The summed E-state index contributed by atoms with van der Waals surface area (Å²) in [6.45, 7) is 0.585. The summed E-state index contributed by atoms with van der Waals surface area (Å²) in [6, 6.07) is 21.9. The summed E-state index contributed by atoms with van der Waals surface area (Å²) >= 11 is 0. The van der Waals surface area contributed by atoms with Crippen molar-refractivity contribution in [1.82, 2.24) is 9.55 Å². The summed E-state index contributed by atoms with van der Waals surface area (Å²) in [4.78, 5) is 4.28. The highest BCUT2D eigenvalue weighted by molar-refractivity contribution is 7.90. The summed E-state index contributed by atoms with van der Waals surface area (Å²) in [7, 11) is -1.29. The first kappa shape index (κ1) is 20.3. The van der Waals surface area contributed by atoms with Crippen LogP contribution in [0.1, 0.15) is 11.1 Å². The van der Waals surface area contributed by atoms with Crippen molar-refractivity contribution in [3.63, 3.8) is 0 Å². The summed E-state index contributed by atoms with van der Waals surface area (Å²) in [6.07, 6.45) is 3.39. The van der Waals surface area contributed by atoms with Gasteiger partial charge in [0.05, 0.1) is 30.4 Å². The van der Waals surface area contributed by atoms with E-state index in [4.69, 9.17) is 4.74 Å².